The average molecular weight is 438 g/mol. The van der Waals surface area contributed by atoms with Crippen molar-refractivity contribution in [3.63, 3.8) is 0 Å². The summed E-state index contributed by atoms with van der Waals surface area (Å²) in [4.78, 5) is 25.8. The highest BCUT2D eigenvalue weighted by Gasteiger charge is 2.36. The Balaban J connectivity index is 1.94. The second kappa shape index (κ2) is 8.43. The third-order valence-corrected chi connectivity index (χ3v) is 6.41. The Kier molecular flexibility index (Phi) is 5.69. The monoisotopic (exact) mass is 437 g/mol. The van der Waals surface area contributed by atoms with E-state index >= 15 is 0 Å². The van der Waals surface area contributed by atoms with Crippen LogP contribution in [-0.4, -0.2) is 30.2 Å². The number of amides is 1. The molecule has 2 N–H and O–H groups in total. The molecule has 1 aromatic heterocycles. The number of anilines is 1. The molecule has 1 amide bonds. The number of rotatable bonds is 6. The van der Waals surface area contributed by atoms with Crippen molar-refractivity contribution in [3.8, 4) is 22.6 Å². The van der Waals surface area contributed by atoms with Crippen LogP contribution in [0.5, 0.6) is 11.5 Å². The fraction of sp³-hybridized carbons (Fsp3) is 0.250. The molecule has 0 aliphatic carbocycles. The second-order valence-corrected chi connectivity index (χ2v) is 8.62. The second-order valence-electron chi connectivity index (χ2n) is 7.57. The lowest BCUT2D eigenvalue weighted by Gasteiger charge is -2.27. The van der Waals surface area contributed by atoms with Gasteiger partial charge in [-0.2, -0.15) is 0 Å². The van der Waals surface area contributed by atoms with Gasteiger partial charge in [0.1, 0.15) is 4.88 Å². The van der Waals surface area contributed by atoms with Gasteiger partial charge in [-0.05, 0) is 25.5 Å². The van der Waals surface area contributed by atoms with Crippen LogP contribution in [0.15, 0.2) is 48.5 Å². The van der Waals surface area contributed by atoms with Crippen LogP contribution < -0.4 is 14.8 Å². The maximum Gasteiger partial charge on any atom is 0.346 e. The number of thiophene rings is 1. The number of carbonyl (C=O) groups excluding carboxylic acids is 1. The zero-order valence-corrected chi connectivity index (χ0v) is 18.3. The Hall–Kier alpha value is -3.32. The number of carboxylic acids is 1. The summed E-state index contributed by atoms with van der Waals surface area (Å²) in [7, 11) is 1.58. The number of para-hydroxylation sites is 1. The van der Waals surface area contributed by atoms with Gasteiger partial charge >= 0.3 is 5.97 Å². The molecule has 0 saturated heterocycles. The van der Waals surface area contributed by atoms with Gasteiger partial charge in [0.2, 0.25) is 5.91 Å². The summed E-state index contributed by atoms with van der Waals surface area (Å²) in [5, 5.41) is 12.8. The minimum absolute atomic E-state index is 0.0928. The maximum atomic E-state index is 12.7. The van der Waals surface area contributed by atoms with Gasteiger partial charge in [-0.1, -0.05) is 42.5 Å². The number of hydrogen-bond acceptors (Lipinski definition) is 5. The van der Waals surface area contributed by atoms with Gasteiger partial charge in [0.05, 0.1) is 18.9 Å². The summed E-state index contributed by atoms with van der Waals surface area (Å²) < 4.78 is 11.6. The predicted octanol–water partition coefficient (Wildman–Crippen LogP) is 5.38. The van der Waals surface area contributed by atoms with Crippen molar-refractivity contribution in [3.05, 3.63) is 63.8 Å². The van der Waals surface area contributed by atoms with Gasteiger partial charge in [0, 0.05) is 28.3 Å². The predicted molar refractivity (Wildman–Crippen MR) is 121 cm³/mol. The summed E-state index contributed by atoms with van der Waals surface area (Å²) in [5.41, 5.74) is 2.66. The molecular formula is C24H23NO5S. The molecule has 1 unspecified atom stereocenters. The van der Waals surface area contributed by atoms with Gasteiger partial charge in [-0.25, -0.2) is 4.79 Å². The van der Waals surface area contributed by atoms with Crippen molar-refractivity contribution in [2.45, 2.75) is 32.3 Å². The minimum atomic E-state index is -1.02. The van der Waals surface area contributed by atoms with E-state index in [1.54, 1.807) is 7.11 Å². The summed E-state index contributed by atoms with van der Waals surface area (Å²) in [5.74, 6) is -0.360. The molecule has 0 bridgehead atoms. The third kappa shape index (κ3) is 3.88. The fourth-order valence-corrected chi connectivity index (χ4v) is 5.14. The van der Waals surface area contributed by atoms with Gasteiger partial charge in [-0.3, -0.25) is 4.79 Å². The van der Waals surface area contributed by atoms with E-state index in [4.69, 9.17) is 9.47 Å². The number of nitrogens with one attached hydrogen (secondary N) is 1. The van der Waals surface area contributed by atoms with Gasteiger partial charge in [-0.15, -0.1) is 11.3 Å². The molecule has 31 heavy (non-hydrogen) atoms. The summed E-state index contributed by atoms with van der Waals surface area (Å²) in [6.45, 7) is 3.85. The smallest absolute Gasteiger partial charge is 0.346 e. The number of aromatic carboxylic acids is 1. The van der Waals surface area contributed by atoms with Crippen LogP contribution in [0, 0.1) is 0 Å². The summed E-state index contributed by atoms with van der Waals surface area (Å²) >= 11 is 1.20. The first-order chi connectivity index (χ1) is 14.9. The van der Waals surface area contributed by atoms with Crippen molar-refractivity contribution < 1.29 is 24.2 Å². The number of carboxylic acid groups (broad SMARTS) is 1. The topological polar surface area (TPSA) is 84.9 Å². The highest BCUT2D eigenvalue weighted by atomic mass is 32.1. The number of hydrogen-bond donors (Lipinski definition) is 2. The molecule has 0 fully saturated rings. The normalized spacial score (nSPS) is 15.4. The van der Waals surface area contributed by atoms with E-state index in [2.05, 4.69) is 5.32 Å². The van der Waals surface area contributed by atoms with Crippen molar-refractivity contribution in [2.24, 2.45) is 0 Å². The first-order valence-electron chi connectivity index (χ1n) is 9.99. The van der Waals surface area contributed by atoms with E-state index in [0.717, 1.165) is 16.0 Å². The van der Waals surface area contributed by atoms with Crippen LogP contribution in [0.1, 0.15) is 46.3 Å². The largest absolute Gasteiger partial charge is 0.493 e. The van der Waals surface area contributed by atoms with Gasteiger partial charge in [0.15, 0.2) is 11.5 Å². The zero-order chi connectivity index (χ0) is 22.1. The lowest BCUT2D eigenvalue weighted by Crippen LogP contribution is -2.23. The van der Waals surface area contributed by atoms with Gasteiger partial charge in [0.25, 0.3) is 0 Å². The number of benzene rings is 2. The van der Waals surface area contributed by atoms with Crippen LogP contribution in [0.2, 0.25) is 0 Å². The first kappa shape index (κ1) is 20.9. The molecule has 0 saturated carbocycles. The third-order valence-electron chi connectivity index (χ3n) is 5.12. The van der Waals surface area contributed by atoms with Crippen molar-refractivity contribution >= 4 is 28.9 Å². The average Bonchev–Trinajstić information content (AvgIpc) is 3.13. The Labute approximate surface area is 184 Å². The van der Waals surface area contributed by atoms with Crippen LogP contribution in [0.4, 0.5) is 5.69 Å². The molecule has 1 aliphatic heterocycles. The molecule has 7 heteroatoms. The van der Waals surface area contributed by atoms with Crippen LogP contribution in [-0.2, 0) is 4.79 Å². The molecule has 2 aromatic carbocycles. The molecule has 0 spiro atoms. The fourth-order valence-electron chi connectivity index (χ4n) is 3.90. The van der Waals surface area contributed by atoms with E-state index < -0.39 is 5.97 Å². The highest BCUT2D eigenvalue weighted by Crippen LogP contribution is 2.51. The van der Waals surface area contributed by atoms with E-state index in [0.29, 0.717) is 22.7 Å². The van der Waals surface area contributed by atoms with Gasteiger partial charge < -0.3 is 19.9 Å². The summed E-state index contributed by atoms with van der Waals surface area (Å²) in [6, 6.07) is 14.9. The standard InChI is InChI=1S/C24H23NO5S/c1-13(2)30-21-15(10-7-11-17(21)29-3)16-12-18(26)25-20-19(14-8-5-4-6-9-14)23(24(27)28)31-22(16)20/h4-11,13,16H,12H2,1-3H3,(H,25,26)(H,27,28). The van der Waals surface area contributed by atoms with Crippen LogP contribution >= 0.6 is 11.3 Å². The van der Waals surface area contributed by atoms with E-state index in [1.807, 2.05) is 62.4 Å². The van der Waals surface area contributed by atoms with Crippen molar-refractivity contribution in [1.82, 2.24) is 0 Å². The minimum Gasteiger partial charge on any atom is -0.493 e. The highest BCUT2D eigenvalue weighted by molar-refractivity contribution is 7.15. The molecule has 160 valence electrons. The molecule has 4 rings (SSSR count). The quantitative estimate of drug-likeness (QED) is 0.541. The Morgan fingerprint density at radius 1 is 1.16 bits per heavy atom. The molecule has 2 heterocycles. The van der Waals surface area contributed by atoms with Crippen LogP contribution in [0.25, 0.3) is 11.1 Å². The van der Waals surface area contributed by atoms with Crippen LogP contribution in [0.3, 0.4) is 0 Å². The molecule has 6 nitrogen and oxygen atoms in total. The molecule has 1 atom stereocenters. The molecule has 3 aromatic rings. The summed E-state index contributed by atoms with van der Waals surface area (Å²) in [6.07, 6.45) is 0.104. The Morgan fingerprint density at radius 2 is 1.90 bits per heavy atom. The maximum absolute atomic E-state index is 12.7. The Morgan fingerprint density at radius 3 is 2.55 bits per heavy atom. The SMILES string of the molecule is COc1cccc(C2CC(=O)Nc3c2sc(C(=O)O)c3-c2ccccc2)c1OC(C)C. The number of methoxy groups -OCH3 is 1. The number of fused-ring (bicyclic) bond motifs is 1. The van der Waals surface area contributed by atoms with E-state index in [-0.39, 0.29) is 29.2 Å². The first-order valence-corrected chi connectivity index (χ1v) is 10.8. The zero-order valence-electron chi connectivity index (χ0n) is 17.5. The molecule has 1 aliphatic rings. The lowest BCUT2D eigenvalue weighted by atomic mass is 9.88. The Bertz CT molecular complexity index is 1140. The molecular weight excluding hydrogens is 414 g/mol. The van der Waals surface area contributed by atoms with E-state index in [9.17, 15) is 14.7 Å². The van der Waals surface area contributed by atoms with Crippen molar-refractivity contribution in [1.29, 1.82) is 0 Å². The van der Waals surface area contributed by atoms with E-state index in [1.165, 1.54) is 11.3 Å². The number of carbonyl (C=O) groups is 2. The lowest BCUT2D eigenvalue weighted by molar-refractivity contribution is -0.116. The van der Waals surface area contributed by atoms with Crippen molar-refractivity contribution in [2.75, 3.05) is 12.4 Å². The molecule has 0 radical (unpaired) electrons. The number of ether oxygens (including phenoxy) is 2.